The molecule has 0 saturated carbocycles. The third kappa shape index (κ3) is 3.57. The Kier molecular flexibility index (Phi) is 4.73. The van der Waals surface area contributed by atoms with Gasteiger partial charge in [0.1, 0.15) is 5.75 Å². The van der Waals surface area contributed by atoms with Gasteiger partial charge in [0.15, 0.2) is 0 Å². The summed E-state index contributed by atoms with van der Waals surface area (Å²) < 4.78 is 28.2. The highest BCUT2D eigenvalue weighted by molar-refractivity contribution is 5.89. The van der Waals surface area contributed by atoms with Crippen molar-refractivity contribution < 1.29 is 23.4 Å². The van der Waals surface area contributed by atoms with E-state index in [2.05, 4.69) is 10.1 Å². The third-order valence-corrected chi connectivity index (χ3v) is 3.18. The summed E-state index contributed by atoms with van der Waals surface area (Å²) in [6, 6.07) is 5.23. The zero-order chi connectivity index (χ0) is 14.5. The molecule has 0 aromatic heterocycles. The van der Waals surface area contributed by atoms with Crippen LogP contribution in [-0.2, 0) is 0 Å². The van der Waals surface area contributed by atoms with Crippen molar-refractivity contribution in [2.45, 2.75) is 25.5 Å². The van der Waals surface area contributed by atoms with Gasteiger partial charge >= 0.3 is 12.6 Å². The Morgan fingerprint density at radius 1 is 1.45 bits per heavy atom. The molecule has 1 saturated heterocycles. The Morgan fingerprint density at radius 2 is 2.15 bits per heavy atom. The average Bonchev–Trinajstić information content (AvgIpc) is 2.89. The van der Waals surface area contributed by atoms with Crippen LogP contribution in [0.3, 0.4) is 0 Å². The summed E-state index contributed by atoms with van der Waals surface area (Å²) in [6.07, 6.45) is 1.64. The number of carbonyl (C=O) groups is 1. The van der Waals surface area contributed by atoms with Crippen LogP contribution >= 0.6 is 0 Å². The SMILES string of the molecule is O=C(Nc1ccc(OC(F)F)cc1)N1CCC[C@@H]1CO. The molecule has 0 radical (unpaired) electrons. The Balaban J connectivity index is 1.94. The number of likely N-dealkylation sites (tertiary alicyclic amines) is 1. The number of alkyl halides is 2. The normalized spacial score (nSPS) is 18.4. The predicted octanol–water partition coefficient (Wildman–Crippen LogP) is 2.28. The highest BCUT2D eigenvalue weighted by Gasteiger charge is 2.27. The summed E-state index contributed by atoms with van der Waals surface area (Å²) >= 11 is 0. The Morgan fingerprint density at radius 3 is 2.75 bits per heavy atom. The fraction of sp³-hybridized carbons (Fsp3) is 0.462. The molecule has 5 nitrogen and oxygen atoms in total. The Hall–Kier alpha value is -1.89. The lowest BCUT2D eigenvalue weighted by atomic mass is 10.2. The monoisotopic (exact) mass is 286 g/mol. The standard InChI is InChI=1S/C13H16F2N2O3/c14-12(15)20-11-5-3-9(4-6-11)16-13(19)17-7-1-2-10(17)8-18/h3-6,10,12,18H,1-2,7-8H2,(H,16,19)/t10-/m1/s1. The molecule has 1 aliphatic heterocycles. The van der Waals surface area contributed by atoms with Crippen LogP contribution in [0, 0.1) is 0 Å². The Labute approximate surface area is 115 Å². The van der Waals surface area contributed by atoms with Crippen molar-refractivity contribution in [3.63, 3.8) is 0 Å². The number of hydrogen-bond donors (Lipinski definition) is 2. The highest BCUT2D eigenvalue weighted by Crippen LogP contribution is 2.20. The van der Waals surface area contributed by atoms with Gasteiger partial charge in [0.25, 0.3) is 0 Å². The van der Waals surface area contributed by atoms with Crippen molar-refractivity contribution in [1.29, 1.82) is 0 Å². The summed E-state index contributed by atoms with van der Waals surface area (Å²) in [5, 5.41) is 11.8. The quantitative estimate of drug-likeness (QED) is 0.892. The fourth-order valence-electron chi connectivity index (χ4n) is 2.21. The molecule has 2 rings (SSSR count). The van der Waals surface area contributed by atoms with Crippen molar-refractivity contribution in [2.24, 2.45) is 0 Å². The minimum atomic E-state index is -2.87. The van der Waals surface area contributed by atoms with E-state index in [0.29, 0.717) is 12.2 Å². The third-order valence-electron chi connectivity index (χ3n) is 3.18. The molecule has 0 unspecified atom stereocenters. The van der Waals surface area contributed by atoms with Crippen molar-refractivity contribution in [3.05, 3.63) is 24.3 Å². The van der Waals surface area contributed by atoms with E-state index in [-0.39, 0.29) is 24.4 Å². The van der Waals surface area contributed by atoms with Crippen LogP contribution in [0.1, 0.15) is 12.8 Å². The first-order chi connectivity index (χ1) is 9.60. The summed E-state index contributed by atoms with van der Waals surface area (Å²) in [4.78, 5) is 13.6. The summed E-state index contributed by atoms with van der Waals surface area (Å²) in [6.45, 7) is -2.33. The number of urea groups is 1. The second kappa shape index (κ2) is 6.51. The van der Waals surface area contributed by atoms with Gasteiger partial charge in [-0.05, 0) is 37.1 Å². The van der Waals surface area contributed by atoms with Crippen LogP contribution < -0.4 is 10.1 Å². The summed E-state index contributed by atoms with van der Waals surface area (Å²) in [5.74, 6) is 0.0346. The number of ether oxygens (including phenoxy) is 1. The number of nitrogens with zero attached hydrogens (tertiary/aromatic N) is 1. The number of amides is 2. The van der Waals surface area contributed by atoms with Gasteiger partial charge in [0.05, 0.1) is 12.6 Å². The molecule has 1 aliphatic rings. The molecule has 20 heavy (non-hydrogen) atoms. The number of carbonyl (C=O) groups excluding carboxylic acids is 1. The van der Waals surface area contributed by atoms with Gasteiger partial charge in [-0.15, -0.1) is 0 Å². The molecule has 2 amide bonds. The Bertz CT molecular complexity index is 453. The second-order valence-corrected chi connectivity index (χ2v) is 4.51. The van der Waals surface area contributed by atoms with Gasteiger partial charge in [-0.3, -0.25) is 0 Å². The van der Waals surface area contributed by atoms with Crippen LogP contribution in [0.5, 0.6) is 5.75 Å². The van der Waals surface area contributed by atoms with Crippen molar-refractivity contribution >= 4 is 11.7 Å². The first-order valence-electron chi connectivity index (χ1n) is 6.33. The molecular weight excluding hydrogens is 270 g/mol. The molecule has 7 heteroatoms. The second-order valence-electron chi connectivity index (χ2n) is 4.51. The maximum atomic E-state index is 12.0. The van der Waals surface area contributed by atoms with E-state index in [4.69, 9.17) is 5.11 Å². The van der Waals surface area contributed by atoms with E-state index in [0.717, 1.165) is 12.8 Å². The van der Waals surface area contributed by atoms with E-state index in [1.165, 1.54) is 24.3 Å². The van der Waals surface area contributed by atoms with Crippen LogP contribution in [0.25, 0.3) is 0 Å². The lowest BCUT2D eigenvalue weighted by Crippen LogP contribution is -2.40. The minimum absolute atomic E-state index is 0.0346. The fourth-order valence-corrected chi connectivity index (χ4v) is 2.21. The van der Waals surface area contributed by atoms with Gasteiger partial charge in [0, 0.05) is 12.2 Å². The molecule has 1 atom stereocenters. The maximum absolute atomic E-state index is 12.0. The van der Waals surface area contributed by atoms with Crippen LogP contribution in [-0.4, -0.2) is 41.8 Å². The van der Waals surface area contributed by atoms with Gasteiger partial charge in [-0.25, -0.2) is 4.79 Å². The number of benzene rings is 1. The van der Waals surface area contributed by atoms with Gasteiger partial charge < -0.3 is 20.1 Å². The number of aliphatic hydroxyl groups excluding tert-OH is 1. The molecule has 110 valence electrons. The molecule has 1 fully saturated rings. The summed E-state index contributed by atoms with van der Waals surface area (Å²) in [5.41, 5.74) is 0.486. The molecule has 0 bridgehead atoms. The molecule has 1 aromatic carbocycles. The van der Waals surface area contributed by atoms with E-state index in [1.54, 1.807) is 4.90 Å². The first kappa shape index (κ1) is 14.5. The summed E-state index contributed by atoms with van der Waals surface area (Å²) in [7, 11) is 0. The highest BCUT2D eigenvalue weighted by atomic mass is 19.3. The molecule has 0 aliphatic carbocycles. The van der Waals surface area contributed by atoms with Crippen molar-refractivity contribution in [1.82, 2.24) is 4.90 Å². The molecule has 2 N–H and O–H groups in total. The predicted molar refractivity (Wildman–Crippen MR) is 68.9 cm³/mol. The number of anilines is 1. The van der Waals surface area contributed by atoms with Gasteiger partial charge in [-0.2, -0.15) is 8.78 Å². The van der Waals surface area contributed by atoms with E-state index < -0.39 is 6.61 Å². The van der Waals surface area contributed by atoms with E-state index in [9.17, 15) is 13.6 Å². The van der Waals surface area contributed by atoms with Crippen LogP contribution in [0.2, 0.25) is 0 Å². The molecule has 1 heterocycles. The topological polar surface area (TPSA) is 61.8 Å². The first-order valence-corrected chi connectivity index (χ1v) is 6.33. The van der Waals surface area contributed by atoms with E-state index >= 15 is 0 Å². The van der Waals surface area contributed by atoms with Crippen LogP contribution in [0.4, 0.5) is 19.3 Å². The zero-order valence-corrected chi connectivity index (χ0v) is 10.8. The number of aliphatic hydroxyl groups is 1. The van der Waals surface area contributed by atoms with Crippen LogP contribution in [0.15, 0.2) is 24.3 Å². The smallest absolute Gasteiger partial charge is 0.387 e. The van der Waals surface area contributed by atoms with Crippen molar-refractivity contribution in [3.8, 4) is 5.75 Å². The van der Waals surface area contributed by atoms with Gasteiger partial charge in [-0.1, -0.05) is 0 Å². The number of halogens is 2. The molecular formula is C13H16F2N2O3. The zero-order valence-electron chi connectivity index (χ0n) is 10.8. The van der Waals surface area contributed by atoms with Gasteiger partial charge in [0.2, 0.25) is 0 Å². The number of hydrogen-bond acceptors (Lipinski definition) is 3. The molecule has 0 spiro atoms. The minimum Gasteiger partial charge on any atom is -0.435 e. The number of nitrogens with one attached hydrogen (secondary N) is 1. The number of rotatable bonds is 4. The maximum Gasteiger partial charge on any atom is 0.387 e. The lowest BCUT2D eigenvalue weighted by molar-refractivity contribution is -0.0498. The van der Waals surface area contributed by atoms with Crippen molar-refractivity contribution in [2.75, 3.05) is 18.5 Å². The lowest BCUT2D eigenvalue weighted by Gasteiger charge is -2.23. The molecule has 1 aromatic rings. The largest absolute Gasteiger partial charge is 0.435 e. The van der Waals surface area contributed by atoms with E-state index in [1.807, 2.05) is 0 Å². The average molecular weight is 286 g/mol.